The van der Waals surface area contributed by atoms with Crippen LogP contribution in [-0.4, -0.2) is 74.7 Å². The zero-order valence-corrected chi connectivity index (χ0v) is 23.3. The number of methoxy groups -OCH3 is 1. The van der Waals surface area contributed by atoms with Crippen LogP contribution >= 0.6 is 0 Å². The number of carbonyl (C=O) groups is 2. The molecule has 41 heavy (non-hydrogen) atoms. The quantitative estimate of drug-likeness (QED) is 0.125. The number of nitrogens with zero attached hydrogens (tertiary/aromatic N) is 1. The molecule has 0 saturated carbocycles. The van der Waals surface area contributed by atoms with Gasteiger partial charge in [0.05, 0.1) is 54.6 Å². The van der Waals surface area contributed by atoms with Crippen molar-refractivity contribution in [1.29, 1.82) is 0 Å². The van der Waals surface area contributed by atoms with Crippen molar-refractivity contribution in [3.05, 3.63) is 92.8 Å². The average molecular weight is 570 g/mol. The summed E-state index contributed by atoms with van der Waals surface area (Å²) < 4.78 is 21.6. The minimum atomic E-state index is -0.987. The van der Waals surface area contributed by atoms with Gasteiger partial charge in [-0.05, 0) is 31.5 Å². The second-order valence-corrected chi connectivity index (χ2v) is 9.09. The van der Waals surface area contributed by atoms with Crippen molar-refractivity contribution in [2.24, 2.45) is 0 Å². The molecule has 2 atom stereocenters. The van der Waals surface area contributed by atoms with Crippen LogP contribution in [0.1, 0.15) is 25.3 Å². The van der Waals surface area contributed by atoms with Crippen molar-refractivity contribution in [3.8, 4) is 5.75 Å². The first-order chi connectivity index (χ1) is 19.8. The highest BCUT2D eigenvalue weighted by Gasteiger charge is 2.39. The predicted molar refractivity (Wildman–Crippen MR) is 149 cm³/mol. The van der Waals surface area contributed by atoms with Gasteiger partial charge < -0.3 is 34.7 Å². The molecule has 0 aliphatic carbocycles. The first-order valence-electron chi connectivity index (χ1n) is 13.1. The van der Waals surface area contributed by atoms with Gasteiger partial charge in [-0.25, -0.2) is 9.59 Å². The number of aliphatic hydroxyl groups excluding tert-OH is 1. The lowest BCUT2D eigenvalue weighted by Crippen LogP contribution is -2.35. The molecule has 0 bridgehead atoms. The standard InChI is InChI=1S/C29H35N3O9/c1-4-40-29(35)27-24(18-39-14-13-30-16-22(33)17-41-23-11-6-5-7-12-23)31-19(2)25(28(34)38-3)26(27)20-9-8-10-21(15-20)32(36)37/h5-12,15,22,26,30-31,33H,4,13-14,16-18H2,1-3H3. The maximum Gasteiger partial charge on any atom is 0.336 e. The summed E-state index contributed by atoms with van der Waals surface area (Å²) in [6, 6.07) is 14.9. The molecule has 3 rings (SSSR count). The van der Waals surface area contributed by atoms with Gasteiger partial charge in [-0.3, -0.25) is 10.1 Å². The Labute approximate surface area is 238 Å². The van der Waals surface area contributed by atoms with Gasteiger partial charge in [0.1, 0.15) is 18.5 Å². The molecule has 2 unspecified atom stereocenters. The Bertz CT molecular complexity index is 1280. The van der Waals surface area contributed by atoms with Crippen LogP contribution in [0.25, 0.3) is 0 Å². The van der Waals surface area contributed by atoms with Gasteiger partial charge in [-0.1, -0.05) is 30.3 Å². The van der Waals surface area contributed by atoms with E-state index in [2.05, 4.69) is 10.6 Å². The van der Waals surface area contributed by atoms with Crippen molar-refractivity contribution in [2.75, 3.05) is 46.6 Å². The van der Waals surface area contributed by atoms with Gasteiger partial charge in [0.25, 0.3) is 5.69 Å². The molecule has 0 spiro atoms. The van der Waals surface area contributed by atoms with Gasteiger partial charge in [0, 0.05) is 30.9 Å². The van der Waals surface area contributed by atoms with Crippen LogP contribution in [0.5, 0.6) is 5.75 Å². The van der Waals surface area contributed by atoms with E-state index < -0.39 is 28.9 Å². The molecule has 2 aromatic carbocycles. The van der Waals surface area contributed by atoms with Gasteiger partial charge in [0.2, 0.25) is 0 Å². The van der Waals surface area contributed by atoms with E-state index in [1.54, 1.807) is 32.0 Å². The highest BCUT2D eigenvalue weighted by Crippen LogP contribution is 2.40. The number of para-hydroxylation sites is 1. The number of esters is 2. The lowest BCUT2D eigenvalue weighted by atomic mass is 9.80. The Hall–Kier alpha value is -4.26. The molecular formula is C29H35N3O9. The number of hydrogen-bond acceptors (Lipinski definition) is 11. The molecule has 12 heteroatoms. The van der Waals surface area contributed by atoms with Gasteiger partial charge in [-0.2, -0.15) is 0 Å². The normalized spacial score (nSPS) is 15.7. The number of nitro groups is 1. The molecular weight excluding hydrogens is 534 g/mol. The summed E-state index contributed by atoms with van der Waals surface area (Å²) in [4.78, 5) is 37.0. The van der Waals surface area contributed by atoms with Crippen molar-refractivity contribution in [3.63, 3.8) is 0 Å². The summed E-state index contributed by atoms with van der Waals surface area (Å²) in [5.74, 6) is -1.70. The maximum atomic E-state index is 13.2. The summed E-state index contributed by atoms with van der Waals surface area (Å²) in [6.45, 7) is 4.40. The fourth-order valence-corrected chi connectivity index (χ4v) is 4.35. The Morgan fingerprint density at radius 1 is 1.12 bits per heavy atom. The van der Waals surface area contributed by atoms with Crippen LogP contribution < -0.4 is 15.4 Å². The number of nitrogens with one attached hydrogen (secondary N) is 2. The number of aliphatic hydroxyl groups is 1. The minimum absolute atomic E-state index is 0.0350. The fraction of sp³-hybridized carbons (Fsp3) is 0.379. The molecule has 12 nitrogen and oxygen atoms in total. The van der Waals surface area contributed by atoms with Crippen LogP contribution in [-0.2, 0) is 23.8 Å². The van der Waals surface area contributed by atoms with E-state index in [9.17, 15) is 24.8 Å². The first kappa shape index (κ1) is 31.3. The molecule has 0 saturated heterocycles. The largest absolute Gasteiger partial charge is 0.491 e. The number of ether oxygens (including phenoxy) is 4. The van der Waals surface area contributed by atoms with Crippen molar-refractivity contribution >= 4 is 17.6 Å². The van der Waals surface area contributed by atoms with Gasteiger partial charge in [0.15, 0.2) is 0 Å². The number of dihydropyridines is 1. The lowest BCUT2D eigenvalue weighted by Gasteiger charge is -2.31. The molecule has 1 aliphatic rings. The number of non-ortho nitro benzene ring substituents is 1. The number of allylic oxidation sites excluding steroid dienone is 1. The van der Waals surface area contributed by atoms with E-state index >= 15 is 0 Å². The molecule has 0 radical (unpaired) electrons. The molecule has 2 aromatic rings. The van der Waals surface area contributed by atoms with E-state index in [0.717, 1.165) is 0 Å². The van der Waals surface area contributed by atoms with Crippen LogP contribution in [0, 0.1) is 10.1 Å². The summed E-state index contributed by atoms with van der Waals surface area (Å²) >= 11 is 0. The second kappa shape index (κ2) is 15.5. The Balaban J connectivity index is 1.72. The topological polar surface area (TPSA) is 158 Å². The Morgan fingerprint density at radius 2 is 1.88 bits per heavy atom. The molecule has 220 valence electrons. The second-order valence-electron chi connectivity index (χ2n) is 9.09. The predicted octanol–water partition coefficient (Wildman–Crippen LogP) is 2.59. The first-order valence-corrected chi connectivity index (χ1v) is 13.1. The lowest BCUT2D eigenvalue weighted by molar-refractivity contribution is -0.384. The number of nitro benzene ring substituents is 1. The Kier molecular flexibility index (Phi) is 11.8. The third-order valence-corrected chi connectivity index (χ3v) is 6.20. The SMILES string of the molecule is CCOC(=O)C1=C(COCCNCC(O)COc2ccccc2)NC(C)=C(C(=O)OC)C1c1cccc([N+](=O)[O-])c1. The van der Waals surface area contributed by atoms with Gasteiger partial charge in [-0.15, -0.1) is 0 Å². The van der Waals surface area contributed by atoms with Crippen LogP contribution in [0.15, 0.2) is 77.1 Å². The number of benzene rings is 2. The van der Waals surface area contributed by atoms with Crippen LogP contribution in [0.3, 0.4) is 0 Å². The highest BCUT2D eigenvalue weighted by molar-refractivity contribution is 6.00. The zero-order valence-electron chi connectivity index (χ0n) is 23.3. The number of hydrogen-bond donors (Lipinski definition) is 3. The summed E-state index contributed by atoms with van der Waals surface area (Å²) in [6.07, 6.45) is -0.728. The molecule has 0 aromatic heterocycles. The van der Waals surface area contributed by atoms with Crippen molar-refractivity contribution < 1.29 is 38.6 Å². The van der Waals surface area contributed by atoms with E-state index in [0.29, 0.717) is 29.3 Å². The summed E-state index contributed by atoms with van der Waals surface area (Å²) in [7, 11) is 1.22. The van der Waals surface area contributed by atoms with Crippen molar-refractivity contribution in [2.45, 2.75) is 25.9 Å². The molecule has 0 amide bonds. The minimum Gasteiger partial charge on any atom is -0.491 e. The molecule has 0 fully saturated rings. The smallest absolute Gasteiger partial charge is 0.336 e. The van der Waals surface area contributed by atoms with Crippen molar-refractivity contribution in [1.82, 2.24) is 10.6 Å². The Morgan fingerprint density at radius 3 is 2.56 bits per heavy atom. The molecule has 3 N–H and O–H groups in total. The highest BCUT2D eigenvalue weighted by atomic mass is 16.6. The van der Waals surface area contributed by atoms with E-state index in [-0.39, 0.29) is 49.8 Å². The third-order valence-electron chi connectivity index (χ3n) is 6.20. The summed E-state index contributed by atoms with van der Waals surface area (Å²) in [5.41, 5.74) is 1.18. The van der Waals surface area contributed by atoms with Crippen LogP contribution in [0.2, 0.25) is 0 Å². The van der Waals surface area contributed by atoms with Crippen LogP contribution in [0.4, 0.5) is 5.69 Å². The number of rotatable bonds is 15. The van der Waals surface area contributed by atoms with E-state index in [4.69, 9.17) is 18.9 Å². The maximum absolute atomic E-state index is 13.2. The monoisotopic (exact) mass is 569 g/mol. The fourth-order valence-electron chi connectivity index (χ4n) is 4.35. The van der Waals surface area contributed by atoms with E-state index in [1.165, 1.54) is 25.3 Å². The van der Waals surface area contributed by atoms with E-state index in [1.807, 2.05) is 18.2 Å². The summed E-state index contributed by atoms with van der Waals surface area (Å²) in [5, 5.41) is 27.8. The molecule has 1 aliphatic heterocycles. The zero-order chi connectivity index (χ0) is 29.8. The average Bonchev–Trinajstić information content (AvgIpc) is 2.97. The third kappa shape index (κ3) is 8.61. The number of carbonyl (C=O) groups excluding carboxylic acids is 2. The van der Waals surface area contributed by atoms with Gasteiger partial charge >= 0.3 is 11.9 Å². The molecule has 1 heterocycles.